The van der Waals surface area contributed by atoms with Gasteiger partial charge in [-0.2, -0.15) is 0 Å². The summed E-state index contributed by atoms with van der Waals surface area (Å²) >= 11 is 0. The number of benzene rings is 2. The monoisotopic (exact) mass is 718 g/mol. The molecule has 0 spiro atoms. The van der Waals surface area contributed by atoms with Crippen molar-refractivity contribution in [3.63, 3.8) is 0 Å². The van der Waals surface area contributed by atoms with Crippen LogP contribution in [-0.2, 0) is 30.2 Å². The molecule has 2 aromatic carbocycles. The Balaban J connectivity index is 1.69. The Kier molecular flexibility index (Phi) is 11.6. The molecule has 3 aromatic rings. The fraction of sp³-hybridized carbons (Fsp3) is 0.486. The van der Waals surface area contributed by atoms with Gasteiger partial charge in [-0.05, 0) is 51.5 Å². The van der Waals surface area contributed by atoms with E-state index in [1.54, 1.807) is 30.3 Å². The minimum atomic E-state index is -1.91. The number of methoxy groups -OCH3 is 1. The Morgan fingerprint density at radius 1 is 0.902 bits per heavy atom. The summed E-state index contributed by atoms with van der Waals surface area (Å²) in [7, 11) is 1.46. The molecule has 0 bridgehead atoms. The van der Waals surface area contributed by atoms with Gasteiger partial charge in [0.25, 0.3) is 0 Å². The number of aliphatic hydroxyl groups excluding tert-OH is 5. The van der Waals surface area contributed by atoms with Gasteiger partial charge in [0.1, 0.15) is 58.7 Å². The number of carbonyl (C=O) groups is 1. The number of hydrogen-bond donors (Lipinski definition) is 7. The van der Waals surface area contributed by atoms with E-state index in [4.69, 9.17) is 32.8 Å². The number of ether oxygens (including phenoxy) is 6. The van der Waals surface area contributed by atoms with Gasteiger partial charge in [-0.3, -0.25) is 9.59 Å². The van der Waals surface area contributed by atoms with Crippen LogP contribution in [0.5, 0.6) is 23.0 Å². The molecule has 0 unspecified atom stereocenters. The Hall–Kier alpha value is -4.26. The van der Waals surface area contributed by atoms with Crippen molar-refractivity contribution in [1.82, 2.24) is 0 Å². The molecule has 2 aliphatic rings. The first-order valence-corrected chi connectivity index (χ1v) is 16.1. The number of allylic oxidation sites excluding steroid dienone is 2. The number of phenolic OH excluding ortho intramolecular Hbond substituents is 2. The van der Waals surface area contributed by atoms with Crippen LogP contribution < -0.4 is 14.9 Å². The van der Waals surface area contributed by atoms with E-state index in [1.165, 1.54) is 14.0 Å². The van der Waals surface area contributed by atoms with Crippen LogP contribution >= 0.6 is 0 Å². The fourth-order valence-corrected chi connectivity index (χ4v) is 5.91. The topological polar surface area (TPSA) is 244 Å². The van der Waals surface area contributed by atoms with Crippen molar-refractivity contribution in [1.29, 1.82) is 0 Å². The van der Waals surface area contributed by atoms with Crippen molar-refractivity contribution in [2.45, 2.75) is 95.5 Å². The summed E-state index contributed by atoms with van der Waals surface area (Å²) in [5, 5.41) is 73.6. The van der Waals surface area contributed by atoms with Crippen LogP contribution in [0.3, 0.4) is 0 Å². The molecule has 7 N–H and O–H groups in total. The van der Waals surface area contributed by atoms with Crippen LogP contribution in [0.4, 0.5) is 0 Å². The lowest BCUT2D eigenvalue weighted by Crippen LogP contribution is -2.65. The average molecular weight is 719 g/mol. The van der Waals surface area contributed by atoms with Crippen LogP contribution in [0.1, 0.15) is 33.3 Å². The molecule has 0 aliphatic carbocycles. The first-order chi connectivity index (χ1) is 24.2. The summed E-state index contributed by atoms with van der Waals surface area (Å²) in [5.41, 5.74) is 0.357. The molecule has 0 amide bonds. The molecule has 5 rings (SSSR count). The van der Waals surface area contributed by atoms with E-state index in [-0.39, 0.29) is 40.0 Å². The molecule has 16 heteroatoms. The third-order valence-electron chi connectivity index (χ3n) is 8.68. The van der Waals surface area contributed by atoms with Crippen molar-refractivity contribution >= 4 is 16.9 Å². The predicted octanol–water partition coefficient (Wildman–Crippen LogP) is 0.990. The maximum absolute atomic E-state index is 14.4. The number of esters is 1. The molecular weight excluding hydrogens is 676 g/mol. The highest BCUT2D eigenvalue weighted by Gasteiger charge is 2.52. The second-order valence-corrected chi connectivity index (χ2v) is 12.6. The number of rotatable bonds is 10. The zero-order valence-electron chi connectivity index (χ0n) is 28.5. The standard InChI is InChI=1S/C35H42O16/c1-14(2)6-11-19-20(38)12-21(39)23-26(42)32(29(49-30(19)23)17-7-9-18(45-5)10-8-17)50-35-33(31(47-16(4)37)24(40)15(3)46-35)51-34-28(44)27(43)25(41)22(13-36)48-34/h6-10,12,15,22,24-25,27-28,31,33-36,38-41,43-44H,11,13H2,1-5H3/t15-,22-,24+,25-,27+,28-,31-,33+,34+,35+/m1/s1. The molecule has 278 valence electrons. The van der Waals surface area contributed by atoms with Gasteiger partial charge in [-0.1, -0.05) is 11.6 Å². The first-order valence-electron chi connectivity index (χ1n) is 16.1. The SMILES string of the molecule is COc1ccc(-c2oc3c(CC=C(C)C)c(O)cc(O)c3c(=O)c2O[C@@H]2O[C@H](C)[C@H](O)[C@@H](OC(C)=O)[C@@H]2O[C@@H]2O[C@H](CO)[C@@H](O)[C@H](O)[C@H]2O)cc1. The molecule has 10 atom stereocenters. The maximum atomic E-state index is 14.4. The predicted molar refractivity (Wildman–Crippen MR) is 176 cm³/mol. The van der Waals surface area contributed by atoms with E-state index >= 15 is 0 Å². The molecule has 2 saturated heterocycles. The Labute approximate surface area is 291 Å². The Morgan fingerprint density at radius 3 is 2.20 bits per heavy atom. The molecule has 2 fully saturated rings. The van der Waals surface area contributed by atoms with E-state index in [1.807, 2.05) is 13.8 Å². The van der Waals surface area contributed by atoms with Crippen LogP contribution in [0.15, 0.2) is 51.2 Å². The summed E-state index contributed by atoms with van der Waals surface area (Å²) in [6.07, 6.45) is -14.5. The van der Waals surface area contributed by atoms with Crippen molar-refractivity contribution in [2.24, 2.45) is 0 Å². The molecule has 0 saturated carbocycles. The van der Waals surface area contributed by atoms with Gasteiger partial charge in [0.15, 0.2) is 24.3 Å². The largest absolute Gasteiger partial charge is 0.507 e. The number of aliphatic hydroxyl groups is 5. The zero-order chi connectivity index (χ0) is 37.3. The number of fused-ring (bicyclic) bond motifs is 1. The van der Waals surface area contributed by atoms with Gasteiger partial charge in [-0.25, -0.2) is 0 Å². The average Bonchev–Trinajstić information content (AvgIpc) is 3.08. The first kappa shape index (κ1) is 38.0. The molecule has 0 radical (unpaired) electrons. The van der Waals surface area contributed by atoms with Crippen molar-refractivity contribution in [3.05, 3.63) is 57.8 Å². The van der Waals surface area contributed by atoms with Gasteiger partial charge in [0.2, 0.25) is 17.5 Å². The summed E-state index contributed by atoms with van der Waals surface area (Å²) < 4.78 is 40.6. The van der Waals surface area contributed by atoms with Gasteiger partial charge in [-0.15, -0.1) is 0 Å². The van der Waals surface area contributed by atoms with Crippen molar-refractivity contribution < 1.29 is 73.4 Å². The molecule has 3 heterocycles. The molecule has 2 aliphatic heterocycles. The van der Waals surface area contributed by atoms with Gasteiger partial charge in [0.05, 0.1) is 19.8 Å². The van der Waals surface area contributed by atoms with Crippen LogP contribution in [0.25, 0.3) is 22.3 Å². The number of hydrogen-bond acceptors (Lipinski definition) is 16. The summed E-state index contributed by atoms with van der Waals surface area (Å²) in [6.45, 7) is 5.41. The van der Waals surface area contributed by atoms with E-state index in [0.717, 1.165) is 18.6 Å². The lowest BCUT2D eigenvalue weighted by atomic mass is 9.97. The zero-order valence-corrected chi connectivity index (χ0v) is 28.5. The third kappa shape index (κ3) is 7.68. The van der Waals surface area contributed by atoms with Crippen LogP contribution in [-0.4, -0.2) is 117 Å². The molecule has 51 heavy (non-hydrogen) atoms. The van der Waals surface area contributed by atoms with Crippen LogP contribution in [0, 0.1) is 0 Å². The second-order valence-electron chi connectivity index (χ2n) is 12.6. The summed E-state index contributed by atoms with van der Waals surface area (Å²) in [6, 6.07) is 7.30. The smallest absolute Gasteiger partial charge is 0.303 e. The minimum absolute atomic E-state index is 0.131. The van der Waals surface area contributed by atoms with Gasteiger partial charge in [0, 0.05) is 24.1 Å². The van der Waals surface area contributed by atoms with E-state index in [9.17, 15) is 45.3 Å². The van der Waals surface area contributed by atoms with E-state index < -0.39 is 90.9 Å². The second kappa shape index (κ2) is 15.5. The van der Waals surface area contributed by atoms with Gasteiger partial charge < -0.3 is 68.6 Å². The van der Waals surface area contributed by atoms with E-state index in [2.05, 4.69) is 0 Å². The van der Waals surface area contributed by atoms with Crippen molar-refractivity contribution in [3.8, 4) is 34.3 Å². The normalized spacial score (nSPS) is 29.4. The summed E-state index contributed by atoms with van der Waals surface area (Å²) in [5.74, 6) is -2.04. The lowest BCUT2D eigenvalue weighted by molar-refractivity contribution is -0.356. The van der Waals surface area contributed by atoms with Gasteiger partial charge >= 0.3 is 5.97 Å². The Morgan fingerprint density at radius 2 is 1.59 bits per heavy atom. The number of aromatic hydroxyl groups is 2. The Bertz CT molecular complexity index is 1800. The highest BCUT2D eigenvalue weighted by molar-refractivity contribution is 5.91. The number of phenols is 2. The maximum Gasteiger partial charge on any atom is 0.303 e. The van der Waals surface area contributed by atoms with E-state index in [0.29, 0.717) is 5.75 Å². The molecule has 16 nitrogen and oxygen atoms in total. The third-order valence-corrected chi connectivity index (χ3v) is 8.68. The highest BCUT2D eigenvalue weighted by Crippen LogP contribution is 2.41. The minimum Gasteiger partial charge on any atom is -0.507 e. The number of carbonyl (C=O) groups excluding carboxylic acids is 1. The lowest BCUT2D eigenvalue weighted by Gasteiger charge is -2.46. The van der Waals surface area contributed by atoms with Crippen LogP contribution in [0.2, 0.25) is 0 Å². The molecule has 1 aromatic heterocycles. The fourth-order valence-electron chi connectivity index (χ4n) is 5.91. The molecular formula is C35H42O16. The summed E-state index contributed by atoms with van der Waals surface area (Å²) in [4.78, 5) is 26.6. The quantitative estimate of drug-likeness (QED) is 0.114. The highest BCUT2D eigenvalue weighted by atomic mass is 16.8. The van der Waals surface area contributed by atoms with Crippen molar-refractivity contribution in [2.75, 3.05) is 13.7 Å².